The van der Waals surface area contributed by atoms with E-state index >= 15 is 0 Å². The first-order valence-corrected chi connectivity index (χ1v) is 6.49. The van der Waals surface area contributed by atoms with Gasteiger partial charge in [0.1, 0.15) is 0 Å². The van der Waals surface area contributed by atoms with Crippen molar-refractivity contribution in [1.29, 1.82) is 0 Å². The van der Waals surface area contributed by atoms with Crippen LogP contribution in [0, 0.1) is 0 Å². The molecule has 0 aliphatic carbocycles. The van der Waals surface area contributed by atoms with Gasteiger partial charge in [0.15, 0.2) is 0 Å². The molecule has 0 fully saturated rings. The molecule has 1 aromatic heterocycles. The number of aromatic nitrogens is 3. The monoisotopic (exact) mass is 257 g/mol. The van der Waals surface area contributed by atoms with Gasteiger partial charge >= 0.3 is 0 Å². The zero-order valence-electron chi connectivity index (χ0n) is 10.6. The summed E-state index contributed by atoms with van der Waals surface area (Å²) in [5, 5.41) is 6.56. The molecule has 96 valence electrons. The Balaban J connectivity index is 2.74. The van der Waals surface area contributed by atoms with E-state index in [1.807, 2.05) is 0 Å². The van der Waals surface area contributed by atoms with E-state index in [0.717, 1.165) is 25.8 Å². The third kappa shape index (κ3) is 4.73. The van der Waals surface area contributed by atoms with Gasteiger partial charge in [-0.3, -0.25) is 0 Å². The van der Waals surface area contributed by atoms with E-state index in [1.54, 1.807) is 0 Å². The Labute approximate surface area is 107 Å². The lowest BCUT2D eigenvalue weighted by molar-refractivity contribution is 0.664. The Kier molecular flexibility index (Phi) is 5.97. The van der Waals surface area contributed by atoms with Crippen LogP contribution in [0.2, 0.25) is 5.28 Å². The van der Waals surface area contributed by atoms with Crippen molar-refractivity contribution in [2.24, 2.45) is 0 Å². The Morgan fingerprint density at radius 3 is 2.29 bits per heavy atom. The lowest BCUT2D eigenvalue weighted by atomic mass is 10.2. The second kappa shape index (κ2) is 7.27. The number of hydrogen-bond acceptors (Lipinski definition) is 5. The predicted molar refractivity (Wildman–Crippen MR) is 71.6 cm³/mol. The van der Waals surface area contributed by atoms with Crippen LogP contribution in [-0.4, -0.2) is 27.5 Å². The van der Waals surface area contributed by atoms with Crippen molar-refractivity contribution >= 4 is 23.5 Å². The van der Waals surface area contributed by atoms with Crippen LogP contribution < -0.4 is 10.6 Å². The van der Waals surface area contributed by atoms with Crippen molar-refractivity contribution in [1.82, 2.24) is 15.0 Å². The molecule has 0 spiro atoms. The van der Waals surface area contributed by atoms with Crippen molar-refractivity contribution in [2.45, 2.75) is 46.1 Å². The molecule has 17 heavy (non-hydrogen) atoms. The lowest BCUT2D eigenvalue weighted by Crippen LogP contribution is -2.19. The molecular formula is C11H20ClN5. The third-order valence-electron chi connectivity index (χ3n) is 2.46. The highest BCUT2D eigenvalue weighted by molar-refractivity contribution is 6.28. The highest BCUT2D eigenvalue weighted by Gasteiger charge is 2.08. The quantitative estimate of drug-likeness (QED) is 0.786. The number of halogens is 1. The molecule has 2 N–H and O–H groups in total. The predicted octanol–water partition coefficient (Wildman–Crippen LogP) is 2.95. The highest BCUT2D eigenvalue weighted by atomic mass is 35.5. The zero-order valence-corrected chi connectivity index (χ0v) is 11.4. The van der Waals surface area contributed by atoms with Gasteiger partial charge in [-0.2, -0.15) is 15.0 Å². The Hall–Kier alpha value is -1.10. The fourth-order valence-corrected chi connectivity index (χ4v) is 1.57. The number of hydrogen-bond donors (Lipinski definition) is 2. The van der Waals surface area contributed by atoms with Crippen LogP contribution >= 0.6 is 11.6 Å². The first kappa shape index (κ1) is 14.0. The van der Waals surface area contributed by atoms with Crippen molar-refractivity contribution < 1.29 is 0 Å². The molecule has 0 aliphatic rings. The van der Waals surface area contributed by atoms with Gasteiger partial charge in [-0.15, -0.1) is 0 Å². The first-order valence-electron chi connectivity index (χ1n) is 6.11. The van der Waals surface area contributed by atoms with Gasteiger partial charge in [0.25, 0.3) is 0 Å². The number of rotatable bonds is 7. The summed E-state index contributed by atoms with van der Waals surface area (Å²) in [5.74, 6) is 1.07. The van der Waals surface area contributed by atoms with E-state index < -0.39 is 0 Å². The molecule has 1 aromatic rings. The molecule has 0 saturated carbocycles. The SMILES string of the molecule is CCCNc1nc(Cl)nc(NC(CC)CC)n1. The molecule has 5 nitrogen and oxygen atoms in total. The van der Waals surface area contributed by atoms with Crippen molar-refractivity contribution in [3.8, 4) is 0 Å². The Bertz CT molecular complexity index is 341. The molecule has 0 radical (unpaired) electrons. The van der Waals surface area contributed by atoms with Crippen LogP contribution in [-0.2, 0) is 0 Å². The summed E-state index contributed by atoms with van der Waals surface area (Å²) in [6.07, 6.45) is 3.06. The fourth-order valence-electron chi connectivity index (χ4n) is 1.41. The largest absolute Gasteiger partial charge is 0.354 e. The molecule has 1 rings (SSSR count). The van der Waals surface area contributed by atoms with Gasteiger partial charge in [-0.05, 0) is 30.9 Å². The summed E-state index contributed by atoms with van der Waals surface area (Å²) in [4.78, 5) is 12.4. The maximum Gasteiger partial charge on any atom is 0.229 e. The molecule has 0 saturated heterocycles. The number of anilines is 2. The van der Waals surface area contributed by atoms with Crippen molar-refractivity contribution in [3.05, 3.63) is 5.28 Å². The molecule has 0 aliphatic heterocycles. The third-order valence-corrected chi connectivity index (χ3v) is 2.63. The van der Waals surface area contributed by atoms with Gasteiger partial charge in [-0.1, -0.05) is 20.8 Å². The van der Waals surface area contributed by atoms with Crippen LogP contribution in [0.25, 0.3) is 0 Å². The van der Waals surface area contributed by atoms with Crippen LogP contribution in [0.4, 0.5) is 11.9 Å². The molecule has 0 amide bonds. The Morgan fingerprint density at radius 1 is 1.06 bits per heavy atom. The van der Waals surface area contributed by atoms with E-state index in [1.165, 1.54) is 0 Å². The van der Waals surface area contributed by atoms with E-state index in [-0.39, 0.29) is 5.28 Å². The maximum atomic E-state index is 5.86. The second-order valence-corrected chi connectivity index (χ2v) is 4.17. The van der Waals surface area contributed by atoms with Crippen molar-refractivity contribution in [2.75, 3.05) is 17.2 Å². The summed E-state index contributed by atoms with van der Waals surface area (Å²) in [6.45, 7) is 7.16. The van der Waals surface area contributed by atoms with Gasteiger partial charge in [0, 0.05) is 12.6 Å². The smallest absolute Gasteiger partial charge is 0.229 e. The summed E-state index contributed by atoms with van der Waals surface area (Å²) in [6, 6.07) is 0.368. The summed E-state index contributed by atoms with van der Waals surface area (Å²) in [7, 11) is 0. The van der Waals surface area contributed by atoms with E-state index in [0.29, 0.717) is 17.9 Å². The Morgan fingerprint density at radius 2 is 1.71 bits per heavy atom. The number of nitrogens with zero attached hydrogens (tertiary/aromatic N) is 3. The fraction of sp³-hybridized carbons (Fsp3) is 0.727. The summed E-state index contributed by atoms with van der Waals surface area (Å²) >= 11 is 5.86. The molecule has 0 aromatic carbocycles. The van der Waals surface area contributed by atoms with Gasteiger partial charge < -0.3 is 10.6 Å². The minimum Gasteiger partial charge on any atom is -0.354 e. The molecule has 0 atom stereocenters. The minimum absolute atomic E-state index is 0.215. The molecule has 6 heteroatoms. The molecular weight excluding hydrogens is 238 g/mol. The highest BCUT2D eigenvalue weighted by Crippen LogP contribution is 2.12. The van der Waals surface area contributed by atoms with E-state index in [4.69, 9.17) is 11.6 Å². The van der Waals surface area contributed by atoms with E-state index in [9.17, 15) is 0 Å². The van der Waals surface area contributed by atoms with Crippen LogP contribution in [0.15, 0.2) is 0 Å². The topological polar surface area (TPSA) is 62.7 Å². The maximum absolute atomic E-state index is 5.86. The van der Waals surface area contributed by atoms with Crippen LogP contribution in [0.3, 0.4) is 0 Å². The normalized spacial score (nSPS) is 10.6. The second-order valence-electron chi connectivity index (χ2n) is 3.84. The van der Waals surface area contributed by atoms with Crippen LogP contribution in [0.1, 0.15) is 40.0 Å². The average Bonchev–Trinajstić information content (AvgIpc) is 2.32. The van der Waals surface area contributed by atoms with Crippen molar-refractivity contribution in [3.63, 3.8) is 0 Å². The van der Waals surface area contributed by atoms with Gasteiger partial charge in [-0.25, -0.2) is 0 Å². The molecule has 0 bridgehead atoms. The van der Waals surface area contributed by atoms with E-state index in [2.05, 4.69) is 46.4 Å². The lowest BCUT2D eigenvalue weighted by Gasteiger charge is -2.15. The first-order chi connectivity index (χ1) is 8.19. The minimum atomic E-state index is 0.215. The summed E-state index contributed by atoms with van der Waals surface area (Å²) < 4.78 is 0. The average molecular weight is 258 g/mol. The standard InChI is InChI=1S/C11H20ClN5/c1-4-7-13-10-15-9(12)16-11(17-10)14-8(5-2)6-3/h8H,4-7H2,1-3H3,(H2,13,14,15,16,17). The van der Waals surface area contributed by atoms with Crippen LogP contribution in [0.5, 0.6) is 0 Å². The summed E-state index contributed by atoms with van der Waals surface area (Å²) in [5.41, 5.74) is 0. The number of nitrogens with one attached hydrogen (secondary N) is 2. The van der Waals surface area contributed by atoms with Gasteiger partial charge in [0.05, 0.1) is 0 Å². The zero-order chi connectivity index (χ0) is 12.7. The van der Waals surface area contributed by atoms with Gasteiger partial charge in [0.2, 0.25) is 17.2 Å². The molecule has 1 heterocycles. The molecule has 0 unspecified atom stereocenters.